The number of aromatic amines is 2. The summed E-state index contributed by atoms with van der Waals surface area (Å²) < 4.78 is 5.29. The van der Waals surface area contributed by atoms with E-state index in [1.165, 1.54) is 29.0 Å². The molecule has 3 rings (SSSR count). The number of aromatic nitrogens is 2. The molecule has 2 aromatic heterocycles. The molecular formula is C11H9N3O4S. The molecule has 1 amide bonds. The molecule has 1 saturated heterocycles. The van der Waals surface area contributed by atoms with E-state index in [1.807, 2.05) is 0 Å². The Labute approximate surface area is 110 Å². The van der Waals surface area contributed by atoms with E-state index in [0.717, 1.165) is 0 Å². The second kappa shape index (κ2) is 4.47. The first-order valence-electron chi connectivity index (χ1n) is 5.46. The van der Waals surface area contributed by atoms with Crippen molar-refractivity contribution in [3.8, 4) is 0 Å². The first-order chi connectivity index (χ1) is 9.15. The van der Waals surface area contributed by atoms with Crippen molar-refractivity contribution in [1.82, 2.24) is 9.97 Å². The SMILES string of the molecule is O=C1CSC(c2ccco2)N1c1cc(=O)[nH]c(=O)[nH]1. The lowest BCUT2D eigenvalue weighted by Crippen LogP contribution is -2.33. The monoisotopic (exact) mass is 279 g/mol. The molecule has 19 heavy (non-hydrogen) atoms. The van der Waals surface area contributed by atoms with Crippen LogP contribution in [0.5, 0.6) is 0 Å². The van der Waals surface area contributed by atoms with Crippen LogP contribution >= 0.6 is 11.8 Å². The number of carbonyl (C=O) groups is 1. The van der Waals surface area contributed by atoms with Gasteiger partial charge in [-0.25, -0.2) is 4.79 Å². The second-order valence-electron chi connectivity index (χ2n) is 3.92. The molecule has 0 saturated carbocycles. The summed E-state index contributed by atoms with van der Waals surface area (Å²) in [6, 6.07) is 4.65. The maximum Gasteiger partial charge on any atom is 0.327 e. The Morgan fingerprint density at radius 3 is 2.84 bits per heavy atom. The predicted molar refractivity (Wildman–Crippen MR) is 69.1 cm³/mol. The molecule has 0 aromatic carbocycles. The molecule has 0 spiro atoms. The Kier molecular flexibility index (Phi) is 2.79. The normalized spacial score (nSPS) is 19.1. The summed E-state index contributed by atoms with van der Waals surface area (Å²) in [5.74, 6) is 0.843. The highest BCUT2D eigenvalue weighted by Crippen LogP contribution is 2.40. The summed E-state index contributed by atoms with van der Waals surface area (Å²) in [5.41, 5.74) is -1.20. The summed E-state index contributed by atoms with van der Waals surface area (Å²) in [6.45, 7) is 0. The number of carbonyl (C=O) groups excluding carboxylic acids is 1. The van der Waals surface area contributed by atoms with Crippen molar-refractivity contribution >= 4 is 23.5 Å². The predicted octanol–water partition coefficient (Wildman–Crippen LogP) is 0.435. The van der Waals surface area contributed by atoms with Crippen LogP contribution in [-0.4, -0.2) is 21.6 Å². The van der Waals surface area contributed by atoms with Gasteiger partial charge in [0.15, 0.2) is 0 Å². The van der Waals surface area contributed by atoms with E-state index < -0.39 is 11.2 Å². The molecule has 2 N–H and O–H groups in total. The van der Waals surface area contributed by atoms with Gasteiger partial charge < -0.3 is 4.42 Å². The fourth-order valence-electron chi connectivity index (χ4n) is 1.91. The first-order valence-corrected chi connectivity index (χ1v) is 6.51. The van der Waals surface area contributed by atoms with Gasteiger partial charge in [0.05, 0.1) is 12.0 Å². The number of nitrogens with one attached hydrogen (secondary N) is 2. The topological polar surface area (TPSA) is 99.2 Å². The van der Waals surface area contributed by atoms with Gasteiger partial charge in [0.1, 0.15) is 17.0 Å². The van der Waals surface area contributed by atoms with E-state index in [2.05, 4.69) is 9.97 Å². The van der Waals surface area contributed by atoms with Crippen LogP contribution in [0.4, 0.5) is 5.82 Å². The minimum absolute atomic E-state index is 0.171. The standard InChI is InChI=1S/C11H9N3O4S/c15-8-4-7(12-11(17)13-8)14-9(16)5-19-10(14)6-2-1-3-18-6/h1-4,10H,5H2,(H2,12,13,15,17). The van der Waals surface area contributed by atoms with Gasteiger partial charge in [-0.2, -0.15) is 0 Å². The molecule has 0 radical (unpaired) electrons. The smallest absolute Gasteiger partial charge is 0.327 e. The molecule has 98 valence electrons. The lowest BCUT2D eigenvalue weighted by Gasteiger charge is -2.21. The molecule has 8 heteroatoms. The van der Waals surface area contributed by atoms with E-state index in [-0.39, 0.29) is 22.9 Å². The average molecular weight is 279 g/mol. The van der Waals surface area contributed by atoms with Crippen molar-refractivity contribution in [2.75, 3.05) is 10.7 Å². The van der Waals surface area contributed by atoms with E-state index >= 15 is 0 Å². The highest BCUT2D eigenvalue weighted by Gasteiger charge is 2.36. The quantitative estimate of drug-likeness (QED) is 0.830. The molecule has 1 unspecified atom stereocenters. The lowest BCUT2D eigenvalue weighted by atomic mass is 10.3. The van der Waals surface area contributed by atoms with Crippen LogP contribution in [0.25, 0.3) is 0 Å². The van der Waals surface area contributed by atoms with Gasteiger partial charge in [0.25, 0.3) is 5.56 Å². The maximum atomic E-state index is 11.9. The molecule has 0 bridgehead atoms. The van der Waals surface area contributed by atoms with Gasteiger partial charge in [-0.05, 0) is 12.1 Å². The van der Waals surface area contributed by atoms with Crippen molar-refractivity contribution in [3.63, 3.8) is 0 Å². The van der Waals surface area contributed by atoms with Gasteiger partial charge in [-0.15, -0.1) is 11.8 Å². The van der Waals surface area contributed by atoms with Gasteiger partial charge in [0, 0.05) is 6.07 Å². The van der Waals surface area contributed by atoms with Crippen molar-refractivity contribution in [2.45, 2.75) is 5.37 Å². The van der Waals surface area contributed by atoms with Crippen LogP contribution in [0.15, 0.2) is 38.5 Å². The lowest BCUT2D eigenvalue weighted by molar-refractivity contribution is -0.115. The Hall–Kier alpha value is -2.22. The van der Waals surface area contributed by atoms with E-state index in [9.17, 15) is 14.4 Å². The minimum atomic E-state index is -0.648. The number of nitrogens with zero attached hydrogens (tertiary/aromatic N) is 1. The average Bonchev–Trinajstić information content (AvgIpc) is 2.95. The van der Waals surface area contributed by atoms with Gasteiger partial charge in [-0.1, -0.05) is 0 Å². The van der Waals surface area contributed by atoms with Gasteiger partial charge in [-0.3, -0.25) is 24.5 Å². The molecule has 1 aliphatic heterocycles. The van der Waals surface area contributed by atoms with Crippen LogP contribution in [0.1, 0.15) is 11.1 Å². The van der Waals surface area contributed by atoms with Crippen molar-refractivity contribution < 1.29 is 9.21 Å². The minimum Gasteiger partial charge on any atom is -0.466 e. The third kappa shape index (κ3) is 2.10. The highest BCUT2D eigenvalue weighted by atomic mass is 32.2. The molecule has 0 aliphatic carbocycles. The van der Waals surface area contributed by atoms with Crippen molar-refractivity contribution in [2.24, 2.45) is 0 Å². The number of thioether (sulfide) groups is 1. The zero-order chi connectivity index (χ0) is 13.4. The highest BCUT2D eigenvalue weighted by molar-refractivity contribution is 8.00. The Bertz CT molecular complexity index is 690. The molecule has 2 aromatic rings. The van der Waals surface area contributed by atoms with Gasteiger partial charge >= 0.3 is 5.69 Å². The maximum absolute atomic E-state index is 11.9. The summed E-state index contributed by atoms with van der Waals surface area (Å²) in [6.07, 6.45) is 1.51. The van der Waals surface area contributed by atoms with E-state index in [0.29, 0.717) is 5.76 Å². The number of furan rings is 1. The van der Waals surface area contributed by atoms with Gasteiger partial charge in [0.2, 0.25) is 5.91 Å². The summed E-state index contributed by atoms with van der Waals surface area (Å²) in [5, 5.41) is -0.375. The number of anilines is 1. The van der Waals surface area contributed by atoms with Crippen LogP contribution in [0.3, 0.4) is 0 Å². The van der Waals surface area contributed by atoms with E-state index in [1.54, 1.807) is 12.1 Å². The number of amides is 1. The summed E-state index contributed by atoms with van der Waals surface area (Å²) in [7, 11) is 0. The van der Waals surface area contributed by atoms with Crippen LogP contribution in [-0.2, 0) is 4.79 Å². The van der Waals surface area contributed by atoms with Crippen molar-refractivity contribution in [3.05, 3.63) is 51.1 Å². The zero-order valence-corrected chi connectivity index (χ0v) is 10.4. The fourth-order valence-corrected chi connectivity index (χ4v) is 3.03. The molecule has 1 fully saturated rings. The number of rotatable bonds is 2. The largest absolute Gasteiger partial charge is 0.466 e. The first kappa shape index (κ1) is 11.8. The third-order valence-electron chi connectivity index (χ3n) is 2.66. The molecule has 3 heterocycles. The third-order valence-corrected chi connectivity index (χ3v) is 3.83. The Morgan fingerprint density at radius 1 is 1.32 bits per heavy atom. The summed E-state index contributed by atoms with van der Waals surface area (Å²) >= 11 is 1.37. The number of H-pyrrole nitrogens is 2. The van der Waals surface area contributed by atoms with Crippen LogP contribution in [0.2, 0.25) is 0 Å². The second-order valence-corrected chi connectivity index (χ2v) is 4.98. The van der Waals surface area contributed by atoms with Crippen LogP contribution < -0.4 is 16.1 Å². The zero-order valence-electron chi connectivity index (χ0n) is 9.58. The number of hydrogen-bond donors (Lipinski definition) is 2. The molecular weight excluding hydrogens is 270 g/mol. The van der Waals surface area contributed by atoms with Crippen molar-refractivity contribution in [1.29, 1.82) is 0 Å². The van der Waals surface area contributed by atoms with E-state index in [4.69, 9.17) is 4.42 Å². The van der Waals surface area contributed by atoms with Crippen LogP contribution in [0, 0.1) is 0 Å². The summed E-state index contributed by atoms with van der Waals surface area (Å²) in [4.78, 5) is 40.4. The number of hydrogen-bond acceptors (Lipinski definition) is 5. The molecule has 1 atom stereocenters. The molecule has 7 nitrogen and oxygen atoms in total. The molecule has 1 aliphatic rings. The Balaban J connectivity index is 2.07. The fraction of sp³-hybridized carbons (Fsp3) is 0.182. The Morgan fingerprint density at radius 2 is 2.16 bits per heavy atom.